The number of hydrogen-bond acceptors (Lipinski definition) is 2. The Kier molecular flexibility index (Phi) is 8.31. The van der Waals surface area contributed by atoms with Gasteiger partial charge >= 0.3 is 0 Å². The number of hydrogen-bond donors (Lipinski definition) is 2. The molecule has 0 aliphatic rings. The first-order chi connectivity index (χ1) is 11.2. The van der Waals surface area contributed by atoms with Crippen LogP contribution in [0.1, 0.15) is 33.3 Å². The van der Waals surface area contributed by atoms with E-state index in [0.29, 0.717) is 43.3 Å². The highest BCUT2D eigenvalue weighted by atomic mass is 32.2. The normalized spacial score (nSPS) is 13.7. The van der Waals surface area contributed by atoms with Crippen molar-refractivity contribution in [1.82, 2.24) is 10.6 Å². The van der Waals surface area contributed by atoms with Gasteiger partial charge in [-0.05, 0) is 57.9 Å². The summed E-state index contributed by atoms with van der Waals surface area (Å²) >= 11 is 0. The molecule has 1 rings (SSSR count). The third kappa shape index (κ3) is 7.38. The van der Waals surface area contributed by atoms with Gasteiger partial charge in [0.2, 0.25) is 0 Å². The predicted molar refractivity (Wildman–Crippen MR) is 96.8 cm³/mol. The Morgan fingerprint density at radius 2 is 1.96 bits per heavy atom. The molecule has 0 radical (unpaired) electrons. The third-order valence-corrected chi connectivity index (χ3v) is 5.19. The van der Waals surface area contributed by atoms with Crippen molar-refractivity contribution in [3.05, 3.63) is 35.4 Å². The van der Waals surface area contributed by atoms with Gasteiger partial charge in [-0.1, -0.05) is 0 Å². The number of nitrogens with zero attached hydrogens (tertiary/aromatic N) is 1. The maximum atomic E-state index is 13.6. The lowest BCUT2D eigenvalue weighted by atomic mass is 10.1. The van der Waals surface area contributed by atoms with Gasteiger partial charge in [0, 0.05) is 34.4 Å². The van der Waals surface area contributed by atoms with Crippen LogP contribution in [-0.2, 0) is 17.2 Å². The number of halogens is 2. The molecule has 0 aliphatic heterocycles. The highest BCUT2D eigenvalue weighted by molar-refractivity contribution is 7.86. The highest BCUT2D eigenvalue weighted by Crippen LogP contribution is 2.11. The Labute approximate surface area is 145 Å². The number of aliphatic imine (C=N–C) groups is 1. The van der Waals surface area contributed by atoms with Crippen molar-refractivity contribution in [2.24, 2.45) is 4.99 Å². The smallest absolute Gasteiger partial charge is 0.191 e. The topological polar surface area (TPSA) is 53.5 Å². The second kappa shape index (κ2) is 9.71. The predicted octanol–water partition coefficient (Wildman–Crippen LogP) is 2.61. The third-order valence-electron chi connectivity index (χ3n) is 3.27. The lowest BCUT2D eigenvalue weighted by Crippen LogP contribution is -2.38. The minimum atomic E-state index is -0.953. The van der Waals surface area contributed by atoms with Crippen molar-refractivity contribution in [1.29, 1.82) is 0 Å². The molecule has 0 aromatic heterocycles. The van der Waals surface area contributed by atoms with E-state index < -0.39 is 22.4 Å². The van der Waals surface area contributed by atoms with Gasteiger partial charge in [0.25, 0.3) is 0 Å². The molecule has 4 nitrogen and oxygen atoms in total. The molecule has 136 valence electrons. The van der Waals surface area contributed by atoms with E-state index >= 15 is 0 Å². The van der Waals surface area contributed by atoms with E-state index in [-0.39, 0.29) is 4.75 Å². The molecule has 0 bridgehead atoms. The average molecular weight is 359 g/mol. The van der Waals surface area contributed by atoms with Crippen LogP contribution in [0.25, 0.3) is 0 Å². The molecule has 24 heavy (non-hydrogen) atoms. The van der Waals surface area contributed by atoms with E-state index in [1.165, 1.54) is 6.07 Å². The van der Waals surface area contributed by atoms with Crippen LogP contribution >= 0.6 is 0 Å². The van der Waals surface area contributed by atoms with Crippen molar-refractivity contribution in [3.63, 3.8) is 0 Å². The fourth-order valence-electron chi connectivity index (χ4n) is 1.94. The van der Waals surface area contributed by atoms with Crippen LogP contribution in [0.15, 0.2) is 23.2 Å². The van der Waals surface area contributed by atoms with E-state index in [4.69, 9.17) is 0 Å². The van der Waals surface area contributed by atoms with Crippen LogP contribution in [0.2, 0.25) is 0 Å². The minimum absolute atomic E-state index is 0.254. The molecule has 2 N–H and O–H groups in total. The lowest BCUT2D eigenvalue weighted by molar-refractivity contribution is 0.583. The number of nitrogens with one attached hydrogen (secondary N) is 2. The Morgan fingerprint density at radius 1 is 1.25 bits per heavy atom. The van der Waals surface area contributed by atoms with E-state index in [9.17, 15) is 13.0 Å². The Morgan fingerprint density at radius 3 is 2.58 bits per heavy atom. The van der Waals surface area contributed by atoms with Crippen molar-refractivity contribution >= 4 is 16.8 Å². The number of benzene rings is 1. The second-order valence-electron chi connectivity index (χ2n) is 6.34. The maximum absolute atomic E-state index is 13.6. The average Bonchev–Trinajstić information content (AvgIpc) is 2.49. The van der Waals surface area contributed by atoms with Gasteiger partial charge in [-0.3, -0.25) is 9.20 Å². The molecule has 1 unspecified atom stereocenters. The summed E-state index contributed by atoms with van der Waals surface area (Å²) < 4.78 is 38.5. The summed E-state index contributed by atoms with van der Waals surface area (Å²) in [5, 5.41) is 6.16. The first kappa shape index (κ1) is 20.5. The summed E-state index contributed by atoms with van der Waals surface area (Å²) in [6.07, 6.45) is 0.349. The van der Waals surface area contributed by atoms with E-state index in [2.05, 4.69) is 15.6 Å². The first-order valence-electron chi connectivity index (χ1n) is 8.08. The molecule has 7 heteroatoms. The van der Waals surface area contributed by atoms with Gasteiger partial charge < -0.3 is 10.6 Å². The zero-order valence-electron chi connectivity index (χ0n) is 14.8. The fourth-order valence-corrected chi connectivity index (χ4v) is 2.81. The molecule has 0 saturated carbocycles. The standard InChI is InChI=1S/C17H27F2N3OS/c1-5-20-16(22-10-11-24(23)17(2,3)4)21-9-8-13-12-14(18)6-7-15(13)19/h6-7,12H,5,8-11H2,1-4H3,(H2,20,21,22). The maximum Gasteiger partial charge on any atom is 0.191 e. The van der Waals surface area contributed by atoms with Crippen LogP contribution in [0.4, 0.5) is 8.78 Å². The quantitative estimate of drug-likeness (QED) is 0.581. The van der Waals surface area contributed by atoms with Crippen molar-refractivity contribution in [2.75, 3.05) is 25.4 Å². The van der Waals surface area contributed by atoms with Gasteiger partial charge in [0.05, 0.1) is 6.54 Å². The Balaban J connectivity index is 2.52. The zero-order chi connectivity index (χ0) is 18.2. The molecular weight excluding hydrogens is 332 g/mol. The first-order valence-corrected chi connectivity index (χ1v) is 9.40. The van der Waals surface area contributed by atoms with Gasteiger partial charge in [-0.25, -0.2) is 8.78 Å². The number of rotatable bonds is 7. The summed E-state index contributed by atoms with van der Waals surface area (Å²) in [6.45, 7) is 9.29. The molecule has 0 heterocycles. The fraction of sp³-hybridized carbons (Fsp3) is 0.588. The summed E-state index contributed by atoms with van der Waals surface area (Å²) in [4.78, 5) is 4.37. The SMILES string of the molecule is CCNC(=NCCS(=O)C(C)(C)C)NCCc1cc(F)ccc1F. The molecule has 1 aromatic carbocycles. The lowest BCUT2D eigenvalue weighted by Gasteiger charge is -2.17. The zero-order valence-corrected chi connectivity index (χ0v) is 15.6. The van der Waals surface area contributed by atoms with Gasteiger partial charge in [-0.15, -0.1) is 0 Å². The largest absolute Gasteiger partial charge is 0.357 e. The van der Waals surface area contributed by atoms with Gasteiger partial charge in [-0.2, -0.15) is 0 Å². The van der Waals surface area contributed by atoms with E-state index in [0.717, 1.165) is 12.1 Å². The molecule has 1 aromatic rings. The van der Waals surface area contributed by atoms with Gasteiger partial charge in [0.15, 0.2) is 5.96 Å². The van der Waals surface area contributed by atoms with Gasteiger partial charge in [0.1, 0.15) is 11.6 Å². The van der Waals surface area contributed by atoms with E-state index in [1.807, 2.05) is 27.7 Å². The van der Waals surface area contributed by atoms with Crippen LogP contribution < -0.4 is 10.6 Å². The summed E-state index contributed by atoms with van der Waals surface area (Å²) in [7, 11) is -0.953. The summed E-state index contributed by atoms with van der Waals surface area (Å²) in [5.74, 6) is 0.205. The highest BCUT2D eigenvalue weighted by Gasteiger charge is 2.18. The van der Waals surface area contributed by atoms with Crippen molar-refractivity contribution in [3.8, 4) is 0 Å². The molecular formula is C17H27F2N3OS. The summed E-state index contributed by atoms with van der Waals surface area (Å²) in [6, 6.07) is 3.44. The van der Waals surface area contributed by atoms with Crippen LogP contribution in [0.3, 0.4) is 0 Å². The monoisotopic (exact) mass is 359 g/mol. The van der Waals surface area contributed by atoms with Crippen LogP contribution in [0.5, 0.6) is 0 Å². The van der Waals surface area contributed by atoms with Crippen LogP contribution in [-0.4, -0.2) is 40.3 Å². The Bertz CT molecular complexity index is 586. The number of guanidine groups is 1. The van der Waals surface area contributed by atoms with E-state index in [1.54, 1.807) is 0 Å². The Hall–Kier alpha value is -1.50. The molecule has 0 saturated heterocycles. The van der Waals surface area contributed by atoms with Crippen molar-refractivity contribution < 1.29 is 13.0 Å². The summed E-state index contributed by atoms with van der Waals surface area (Å²) in [5.41, 5.74) is 0.326. The molecule has 1 atom stereocenters. The molecule has 0 amide bonds. The van der Waals surface area contributed by atoms with Crippen LogP contribution in [0, 0.1) is 11.6 Å². The minimum Gasteiger partial charge on any atom is -0.357 e. The molecule has 0 aliphatic carbocycles. The second-order valence-corrected chi connectivity index (χ2v) is 8.66. The van der Waals surface area contributed by atoms with Crippen molar-refractivity contribution in [2.45, 2.75) is 38.9 Å². The molecule has 0 fully saturated rings. The molecule has 0 spiro atoms.